The summed E-state index contributed by atoms with van der Waals surface area (Å²) in [6.07, 6.45) is 9.45. The molecule has 0 radical (unpaired) electrons. The molecule has 0 unspecified atom stereocenters. The van der Waals surface area contributed by atoms with Gasteiger partial charge in [-0.2, -0.15) is 0 Å². The highest BCUT2D eigenvalue weighted by Gasteiger charge is 2.15. The lowest BCUT2D eigenvalue weighted by Crippen LogP contribution is -2.21. The van der Waals surface area contributed by atoms with Crippen molar-refractivity contribution >= 4 is 12.2 Å². The maximum atomic E-state index is 10.4. The van der Waals surface area contributed by atoms with Crippen LogP contribution in [-0.2, 0) is 0 Å². The molecule has 0 spiro atoms. The molecule has 0 atom stereocenters. The molecule has 2 aromatic carbocycles. The molecule has 0 aromatic heterocycles. The predicted octanol–water partition coefficient (Wildman–Crippen LogP) is 4.94. The fraction of sp³-hybridized carbons (Fsp3) is 0.200. The van der Waals surface area contributed by atoms with Gasteiger partial charge in [0, 0.05) is 0 Å². The molecule has 1 nitrogen and oxygen atoms in total. The fourth-order valence-electron chi connectivity index (χ4n) is 2.11. The summed E-state index contributed by atoms with van der Waals surface area (Å²) in [5, 5.41) is 10.4. The quantitative estimate of drug-likeness (QED) is 0.793. The zero-order chi connectivity index (χ0) is 15.0. The first kappa shape index (κ1) is 15.3. The molecule has 21 heavy (non-hydrogen) atoms. The van der Waals surface area contributed by atoms with Crippen molar-refractivity contribution in [1.82, 2.24) is 0 Å². The third kappa shape index (κ3) is 5.80. The Morgan fingerprint density at radius 2 is 1.14 bits per heavy atom. The number of hydrogen-bond donors (Lipinski definition) is 1. The number of rotatable bonds is 6. The lowest BCUT2D eigenvalue weighted by atomic mass is 9.96. The normalized spacial score (nSPS) is 12.3. The average molecular weight is 278 g/mol. The molecular weight excluding hydrogens is 256 g/mol. The summed E-state index contributed by atoms with van der Waals surface area (Å²) in [5.41, 5.74) is 1.61. The molecular formula is C20H22O. The van der Waals surface area contributed by atoms with E-state index in [0.717, 1.165) is 11.1 Å². The fourth-order valence-corrected chi connectivity index (χ4v) is 2.11. The summed E-state index contributed by atoms with van der Waals surface area (Å²) in [6.45, 7) is 1.87. The Kier molecular flexibility index (Phi) is 5.53. The van der Waals surface area contributed by atoms with Crippen LogP contribution >= 0.6 is 0 Å². The van der Waals surface area contributed by atoms with E-state index in [9.17, 15) is 5.11 Å². The van der Waals surface area contributed by atoms with E-state index in [4.69, 9.17) is 0 Å². The van der Waals surface area contributed by atoms with E-state index in [1.54, 1.807) is 0 Å². The third-order valence-electron chi connectivity index (χ3n) is 3.33. The van der Waals surface area contributed by atoms with Crippen LogP contribution in [0.5, 0.6) is 0 Å². The molecule has 0 aliphatic carbocycles. The second kappa shape index (κ2) is 7.61. The molecule has 0 saturated heterocycles. The Hall–Kier alpha value is -2.12. The zero-order valence-electron chi connectivity index (χ0n) is 12.4. The van der Waals surface area contributed by atoms with Crippen LogP contribution in [0.3, 0.4) is 0 Å². The summed E-state index contributed by atoms with van der Waals surface area (Å²) in [6, 6.07) is 20.3. The predicted molar refractivity (Wildman–Crippen MR) is 90.8 cm³/mol. The molecule has 0 aliphatic heterocycles. The lowest BCUT2D eigenvalue weighted by molar-refractivity contribution is 0.0668. The van der Waals surface area contributed by atoms with Crippen LogP contribution in [0.1, 0.15) is 30.9 Å². The Balaban J connectivity index is 1.84. The number of hydrogen-bond acceptors (Lipinski definition) is 1. The maximum Gasteiger partial charge on any atom is 0.0688 e. The minimum atomic E-state index is -0.712. The van der Waals surface area contributed by atoms with E-state index >= 15 is 0 Å². The highest BCUT2D eigenvalue weighted by Crippen LogP contribution is 2.17. The number of aliphatic hydroxyl groups is 1. The molecule has 108 valence electrons. The number of benzene rings is 2. The first-order valence-electron chi connectivity index (χ1n) is 7.31. The summed E-state index contributed by atoms with van der Waals surface area (Å²) in [4.78, 5) is 0. The van der Waals surface area contributed by atoms with E-state index in [2.05, 4.69) is 36.4 Å². The van der Waals surface area contributed by atoms with E-state index in [1.807, 2.05) is 55.5 Å². The van der Waals surface area contributed by atoms with Crippen LogP contribution in [0.2, 0.25) is 0 Å². The summed E-state index contributed by atoms with van der Waals surface area (Å²) in [7, 11) is 0. The van der Waals surface area contributed by atoms with Gasteiger partial charge in [-0.3, -0.25) is 0 Å². The molecule has 0 bridgehead atoms. The molecule has 0 fully saturated rings. The third-order valence-corrected chi connectivity index (χ3v) is 3.33. The van der Waals surface area contributed by atoms with Crippen LogP contribution in [-0.4, -0.2) is 10.7 Å². The molecule has 0 aliphatic rings. The van der Waals surface area contributed by atoms with Crippen molar-refractivity contribution in [3.63, 3.8) is 0 Å². The maximum absolute atomic E-state index is 10.4. The van der Waals surface area contributed by atoms with Crippen LogP contribution in [0.25, 0.3) is 12.2 Å². The lowest BCUT2D eigenvalue weighted by Gasteiger charge is -2.19. The van der Waals surface area contributed by atoms with E-state index in [1.165, 1.54) is 0 Å². The minimum Gasteiger partial charge on any atom is -0.390 e. The van der Waals surface area contributed by atoms with Crippen molar-refractivity contribution in [3.05, 3.63) is 83.9 Å². The largest absolute Gasteiger partial charge is 0.390 e. The van der Waals surface area contributed by atoms with Crippen LogP contribution in [0.4, 0.5) is 0 Å². The van der Waals surface area contributed by atoms with Crippen molar-refractivity contribution in [3.8, 4) is 0 Å². The van der Waals surface area contributed by atoms with Gasteiger partial charge in [0.05, 0.1) is 5.60 Å². The van der Waals surface area contributed by atoms with E-state index in [0.29, 0.717) is 12.8 Å². The van der Waals surface area contributed by atoms with Gasteiger partial charge >= 0.3 is 0 Å². The summed E-state index contributed by atoms with van der Waals surface area (Å²) in [5.74, 6) is 0. The molecule has 0 amide bonds. The van der Waals surface area contributed by atoms with Gasteiger partial charge in [0.15, 0.2) is 0 Å². The van der Waals surface area contributed by atoms with Crippen molar-refractivity contribution in [2.75, 3.05) is 0 Å². The van der Waals surface area contributed by atoms with Gasteiger partial charge in [-0.15, -0.1) is 0 Å². The van der Waals surface area contributed by atoms with Crippen molar-refractivity contribution in [2.45, 2.75) is 25.4 Å². The summed E-state index contributed by atoms with van der Waals surface area (Å²) >= 11 is 0. The average Bonchev–Trinajstić information content (AvgIpc) is 2.49. The highest BCUT2D eigenvalue weighted by atomic mass is 16.3. The Morgan fingerprint density at radius 3 is 1.52 bits per heavy atom. The van der Waals surface area contributed by atoms with Crippen LogP contribution in [0, 0.1) is 0 Å². The smallest absolute Gasteiger partial charge is 0.0688 e. The zero-order valence-corrected chi connectivity index (χ0v) is 12.4. The second-order valence-electron chi connectivity index (χ2n) is 5.53. The van der Waals surface area contributed by atoms with Crippen LogP contribution < -0.4 is 0 Å². The molecule has 2 aromatic rings. The Morgan fingerprint density at radius 1 is 0.762 bits per heavy atom. The standard InChI is InChI=1S/C20H22O/c1-20(21,16-8-14-18-10-4-2-5-11-18)17-9-15-19-12-6-3-7-13-19/h2-15,21H,16-17H2,1H3/b14-8-,15-9-. The van der Waals surface area contributed by atoms with Gasteiger partial charge in [-0.25, -0.2) is 0 Å². The van der Waals surface area contributed by atoms with Gasteiger partial charge in [0.25, 0.3) is 0 Å². The topological polar surface area (TPSA) is 20.2 Å². The molecule has 0 heterocycles. The van der Waals surface area contributed by atoms with Crippen molar-refractivity contribution in [2.24, 2.45) is 0 Å². The second-order valence-corrected chi connectivity index (χ2v) is 5.53. The first-order valence-corrected chi connectivity index (χ1v) is 7.31. The van der Waals surface area contributed by atoms with Gasteiger partial charge in [-0.1, -0.05) is 85.0 Å². The molecule has 2 rings (SSSR count). The van der Waals surface area contributed by atoms with Gasteiger partial charge in [0.2, 0.25) is 0 Å². The monoisotopic (exact) mass is 278 g/mol. The van der Waals surface area contributed by atoms with Crippen LogP contribution in [0.15, 0.2) is 72.8 Å². The van der Waals surface area contributed by atoms with Crippen molar-refractivity contribution < 1.29 is 5.11 Å². The first-order chi connectivity index (χ1) is 10.2. The van der Waals surface area contributed by atoms with Gasteiger partial charge < -0.3 is 5.11 Å². The van der Waals surface area contributed by atoms with Crippen molar-refractivity contribution in [1.29, 1.82) is 0 Å². The molecule has 1 heteroatoms. The van der Waals surface area contributed by atoms with Gasteiger partial charge in [-0.05, 0) is 30.9 Å². The van der Waals surface area contributed by atoms with E-state index < -0.39 is 5.60 Å². The van der Waals surface area contributed by atoms with E-state index in [-0.39, 0.29) is 0 Å². The van der Waals surface area contributed by atoms with Gasteiger partial charge in [0.1, 0.15) is 0 Å². The Labute approximate surface area is 127 Å². The molecule has 0 saturated carbocycles. The SMILES string of the molecule is CC(O)(C/C=C\c1ccccc1)C/C=C\c1ccccc1. The molecule has 1 N–H and O–H groups in total. The summed E-state index contributed by atoms with van der Waals surface area (Å²) < 4.78 is 0. The highest BCUT2D eigenvalue weighted by molar-refractivity contribution is 5.49. The minimum absolute atomic E-state index is 0.640. The Bertz CT molecular complexity index is 526.